The monoisotopic (exact) mass is 1400 g/mol. The minimum atomic E-state index is -4.39. The maximum absolute atomic E-state index is 12.8. The number of phosphoric acid groups is 1. The van der Waals surface area contributed by atoms with Crippen LogP contribution in [0, 0.1) is 0 Å². The average Bonchev–Trinajstić information content (AvgIpc) is 1.36. The van der Waals surface area contributed by atoms with Crippen molar-refractivity contribution >= 4 is 19.8 Å². The lowest BCUT2D eigenvalue weighted by molar-refractivity contribution is -0.161. The second-order valence-electron chi connectivity index (χ2n) is 30.8. The summed E-state index contributed by atoms with van der Waals surface area (Å²) in [6.45, 7) is 3.86. The third kappa shape index (κ3) is 83.7. The van der Waals surface area contributed by atoms with Gasteiger partial charge in [0.15, 0.2) is 6.10 Å². The molecule has 0 rings (SSSR count). The Bertz CT molecular complexity index is 1610. The Balaban J connectivity index is 3.68. The van der Waals surface area contributed by atoms with E-state index in [9.17, 15) is 19.0 Å². The summed E-state index contributed by atoms with van der Waals surface area (Å²) in [5, 5.41) is 0. The molecule has 10 heteroatoms. The van der Waals surface area contributed by atoms with Gasteiger partial charge in [0, 0.05) is 19.4 Å². The molecule has 0 spiro atoms. The predicted molar refractivity (Wildman–Crippen MR) is 428 cm³/mol. The van der Waals surface area contributed by atoms with E-state index in [0.29, 0.717) is 12.8 Å². The number of ether oxygens (including phenoxy) is 2. The molecule has 0 bridgehead atoms. The third-order valence-corrected chi connectivity index (χ3v) is 21.9. The molecule has 2 atom stereocenters. The Morgan fingerprint density at radius 2 is 0.500 bits per heavy atom. The van der Waals surface area contributed by atoms with Gasteiger partial charge in [0.1, 0.15) is 6.61 Å². The molecule has 2 unspecified atom stereocenters. The number of hydrogen-bond donors (Lipinski definition) is 2. The molecule has 584 valence electrons. The topological polar surface area (TPSA) is 134 Å². The van der Waals surface area contributed by atoms with Crippen molar-refractivity contribution in [1.29, 1.82) is 0 Å². The molecule has 0 aliphatic carbocycles. The predicted octanol–water partition coefficient (Wildman–Crippen LogP) is 30.2. The van der Waals surface area contributed by atoms with Gasteiger partial charge in [-0.1, -0.05) is 469 Å². The number of rotatable bonds is 87. The van der Waals surface area contributed by atoms with Gasteiger partial charge in [-0.2, -0.15) is 0 Å². The van der Waals surface area contributed by atoms with Crippen LogP contribution in [0.3, 0.4) is 0 Å². The van der Waals surface area contributed by atoms with Crippen molar-refractivity contribution in [3.8, 4) is 0 Å². The molecule has 0 aliphatic rings. The van der Waals surface area contributed by atoms with Crippen molar-refractivity contribution in [3.63, 3.8) is 0 Å². The fourth-order valence-corrected chi connectivity index (χ4v) is 15.1. The second-order valence-corrected chi connectivity index (χ2v) is 32.3. The molecule has 0 aromatic carbocycles. The number of esters is 2. The summed E-state index contributed by atoms with van der Waals surface area (Å²) in [6.07, 6.45) is 107. The highest BCUT2D eigenvalue weighted by Crippen LogP contribution is 2.43. The Morgan fingerprint density at radius 3 is 0.724 bits per heavy atom. The molecule has 0 saturated heterocycles. The molecule has 98 heavy (non-hydrogen) atoms. The smallest absolute Gasteiger partial charge is 0.462 e. The number of carbonyl (C=O) groups excluding carboxylic acids is 2. The van der Waals surface area contributed by atoms with Gasteiger partial charge in [-0.25, -0.2) is 4.57 Å². The zero-order chi connectivity index (χ0) is 70.8. The van der Waals surface area contributed by atoms with E-state index in [2.05, 4.69) is 26.0 Å². The minimum absolute atomic E-state index is 0.0585. The van der Waals surface area contributed by atoms with Crippen LogP contribution in [-0.2, 0) is 32.7 Å². The van der Waals surface area contributed by atoms with Crippen LogP contribution < -0.4 is 5.73 Å². The number of hydrogen-bond acceptors (Lipinski definition) is 8. The highest BCUT2D eigenvalue weighted by Gasteiger charge is 2.26. The number of allylic oxidation sites excluding steroid dienone is 2. The molecule has 0 radical (unpaired) electrons. The zero-order valence-electron chi connectivity index (χ0n) is 66.3. The highest BCUT2D eigenvalue weighted by molar-refractivity contribution is 7.47. The zero-order valence-corrected chi connectivity index (χ0v) is 67.2. The number of phosphoric ester groups is 1. The van der Waals surface area contributed by atoms with Gasteiger partial charge in [-0.05, 0) is 38.5 Å². The van der Waals surface area contributed by atoms with Gasteiger partial charge in [0.25, 0.3) is 0 Å². The van der Waals surface area contributed by atoms with E-state index < -0.39 is 26.5 Å². The van der Waals surface area contributed by atoms with Crippen molar-refractivity contribution in [2.24, 2.45) is 5.73 Å². The van der Waals surface area contributed by atoms with Gasteiger partial charge in [0.05, 0.1) is 13.2 Å². The van der Waals surface area contributed by atoms with Crippen molar-refractivity contribution in [1.82, 2.24) is 0 Å². The standard InChI is InChI=1S/C88H174NO8P/c1-3-5-7-9-11-13-15-17-19-21-23-25-27-29-31-33-35-37-39-41-42-43-44-45-47-49-51-53-55-57-59-61-63-65-67-69-71-73-75-77-79-81-88(91)97-86(85-96-98(92,93)95-83-82-89)84-94-87(90)80-78-76-74-72-70-68-66-64-62-60-58-56-54-52-50-48-46-40-38-36-34-32-30-28-26-24-22-20-18-16-14-12-10-8-6-4-2/h21,23,86H,3-20,22,24-85,89H2,1-2H3,(H,92,93)/b23-21-. The van der Waals surface area contributed by atoms with Gasteiger partial charge in [-0.15, -0.1) is 0 Å². The summed E-state index contributed by atoms with van der Waals surface area (Å²) < 4.78 is 33.3. The summed E-state index contributed by atoms with van der Waals surface area (Å²) in [7, 11) is -4.39. The van der Waals surface area contributed by atoms with Crippen LogP contribution in [0.2, 0.25) is 0 Å². The lowest BCUT2D eigenvalue weighted by Crippen LogP contribution is -2.29. The summed E-state index contributed by atoms with van der Waals surface area (Å²) in [5.41, 5.74) is 5.43. The van der Waals surface area contributed by atoms with Crippen LogP contribution >= 0.6 is 7.82 Å². The lowest BCUT2D eigenvalue weighted by Gasteiger charge is -2.19. The second kappa shape index (κ2) is 84.7. The molecule has 9 nitrogen and oxygen atoms in total. The summed E-state index contributed by atoms with van der Waals surface area (Å²) >= 11 is 0. The Morgan fingerprint density at radius 1 is 0.296 bits per heavy atom. The molecule has 3 N–H and O–H groups in total. The van der Waals surface area contributed by atoms with Crippen LogP contribution in [0.25, 0.3) is 0 Å². The van der Waals surface area contributed by atoms with Crippen LogP contribution in [0.1, 0.15) is 508 Å². The summed E-state index contributed by atoms with van der Waals surface area (Å²) in [6, 6.07) is 0. The van der Waals surface area contributed by atoms with Crippen LogP contribution in [0.15, 0.2) is 12.2 Å². The first-order valence-electron chi connectivity index (χ1n) is 44.7. The SMILES string of the molecule is CCCCCCCCCC/C=C\CCCCCCCCCCCCCCCCCCCCCCCCCCCCCCCC(=O)OC(COC(=O)CCCCCCCCCCCCCCCCCCCCCCCCCCCCCCCCCCCCCC)COP(=O)(O)OCCN. The van der Waals surface area contributed by atoms with Crippen LogP contribution in [-0.4, -0.2) is 49.3 Å². The average molecular weight is 1410 g/mol. The lowest BCUT2D eigenvalue weighted by atomic mass is 10.0. The van der Waals surface area contributed by atoms with Gasteiger partial charge in [0.2, 0.25) is 0 Å². The normalized spacial score (nSPS) is 12.7. The van der Waals surface area contributed by atoms with Gasteiger partial charge >= 0.3 is 19.8 Å². The highest BCUT2D eigenvalue weighted by atomic mass is 31.2. The molecule has 0 aliphatic heterocycles. The van der Waals surface area contributed by atoms with Gasteiger partial charge in [-0.3, -0.25) is 18.6 Å². The first kappa shape index (κ1) is 96.8. The van der Waals surface area contributed by atoms with Crippen molar-refractivity contribution in [2.75, 3.05) is 26.4 Å². The largest absolute Gasteiger partial charge is 0.472 e. The number of carbonyl (C=O) groups is 2. The quantitative estimate of drug-likeness (QED) is 0.0264. The van der Waals surface area contributed by atoms with E-state index in [-0.39, 0.29) is 32.1 Å². The molecule has 0 amide bonds. The fraction of sp³-hybridized carbons (Fsp3) is 0.955. The first-order valence-corrected chi connectivity index (χ1v) is 46.2. The molecular weight excluding hydrogens is 1230 g/mol. The van der Waals surface area contributed by atoms with E-state index in [1.807, 2.05) is 0 Å². The Kier molecular flexibility index (Phi) is 83.6. The fourth-order valence-electron chi connectivity index (χ4n) is 14.3. The van der Waals surface area contributed by atoms with Crippen molar-refractivity contribution in [3.05, 3.63) is 12.2 Å². The van der Waals surface area contributed by atoms with Gasteiger partial charge < -0.3 is 20.1 Å². The molecule has 0 heterocycles. The van der Waals surface area contributed by atoms with E-state index in [1.54, 1.807) is 0 Å². The molecule has 0 aromatic heterocycles. The minimum Gasteiger partial charge on any atom is -0.462 e. The summed E-state index contributed by atoms with van der Waals surface area (Å²) in [5.74, 6) is -0.793. The van der Waals surface area contributed by atoms with E-state index in [0.717, 1.165) is 32.1 Å². The van der Waals surface area contributed by atoms with E-state index in [1.165, 1.54) is 443 Å². The third-order valence-electron chi connectivity index (χ3n) is 20.9. The molecule has 0 saturated carbocycles. The van der Waals surface area contributed by atoms with Crippen LogP contribution in [0.5, 0.6) is 0 Å². The van der Waals surface area contributed by atoms with E-state index in [4.69, 9.17) is 24.3 Å². The number of nitrogens with two attached hydrogens (primary N) is 1. The molecular formula is C88H174NO8P. The van der Waals surface area contributed by atoms with Crippen molar-refractivity contribution < 1.29 is 37.6 Å². The van der Waals surface area contributed by atoms with Crippen LogP contribution in [0.4, 0.5) is 0 Å². The first-order chi connectivity index (χ1) is 48.3. The molecule has 0 fully saturated rings. The van der Waals surface area contributed by atoms with Crippen molar-refractivity contribution in [2.45, 2.75) is 514 Å². The summed E-state index contributed by atoms with van der Waals surface area (Å²) in [4.78, 5) is 35.5. The maximum Gasteiger partial charge on any atom is 0.472 e. The molecule has 0 aromatic rings. The maximum atomic E-state index is 12.8. The Hall–Kier alpha value is -1.25. The number of unbranched alkanes of at least 4 members (excludes halogenated alkanes) is 72. The van der Waals surface area contributed by atoms with E-state index >= 15 is 0 Å². The Labute approximate surface area is 612 Å².